The summed E-state index contributed by atoms with van der Waals surface area (Å²) in [6, 6.07) is 16.0. The van der Waals surface area contributed by atoms with E-state index in [2.05, 4.69) is 22.3 Å². The molecule has 1 N–H and O–H groups in total. The molecule has 1 unspecified atom stereocenters. The summed E-state index contributed by atoms with van der Waals surface area (Å²) in [4.78, 5) is 33.2. The Morgan fingerprint density at radius 2 is 1.45 bits per heavy atom. The van der Waals surface area contributed by atoms with Gasteiger partial charge in [0.15, 0.2) is 0 Å². The van der Waals surface area contributed by atoms with Gasteiger partial charge in [0.1, 0.15) is 0 Å². The summed E-state index contributed by atoms with van der Waals surface area (Å²) in [6.07, 6.45) is 0. The molecule has 0 aliphatic carbocycles. The smallest absolute Gasteiger partial charge is 0.322 e. The van der Waals surface area contributed by atoms with Gasteiger partial charge >= 0.3 is 6.03 Å². The van der Waals surface area contributed by atoms with Crippen molar-refractivity contribution in [2.45, 2.75) is 26.1 Å². The van der Waals surface area contributed by atoms with Gasteiger partial charge in [-0.3, -0.25) is 9.69 Å². The minimum Gasteiger partial charge on any atom is -0.368 e. The Bertz CT molecular complexity index is 910. The molecular formula is C24H31N5O2. The maximum atomic E-state index is 12.6. The number of rotatable bonds is 4. The fraction of sp³-hybridized carbons (Fsp3) is 0.417. The van der Waals surface area contributed by atoms with Gasteiger partial charge in [-0.1, -0.05) is 24.3 Å². The average Bonchev–Trinajstić information content (AvgIpc) is 3.23. The molecule has 7 nitrogen and oxygen atoms in total. The van der Waals surface area contributed by atoms with Gasteiger partial charge in [-0.15, -0.1) is 0 Å². The van der Waals surface area contributed by atoms with E-state index in [1.54, 1.807) is 0 Å². The zero-order valence-corrected chi connectivity index (χ0v) is 18.5. The Hall–Kier alpha value is -3.06. The Labute approximate surface area is 184 Å². The number of anilines is 2. The average molecular weight is 422 g/mol. The molecular weight excluding hydrogens is 390 g/mol. The second-order valence-corrected chi connectivity index (χ2v) is 8.55. The van der Waals surface area contributed by atoms with Crippen molar-refractivity contribution < 1.29 is 9.59 Å². The predicted octanol–water partition coefficient (Wildman–Crippen LogP) is 2.83. The van der Waals surface area contributed by atoms with Gasteiger partial charge in [0.2, 0.25) is 5.91 Å². The van der Waals surface area contributed by atoms with Crippen LogP contribution in [0.4, 0.5) is 16.2 Å². The number of piperazine rings is 1. The minimum absolute atomic E-state index is 0.0777. The largest absolute Gasteiger partial charge is 0.368 e. The highest BCUT2D eigenvalue weighted by atomic mass is 16.2. The standard InChI is InChI=1S/C24H31N5O2/c1-18(26(2)3)23(30)28-14-12-27(13-15-28)22-10-8-21(9-11-22)25-24(31)29-16-19-6-4-5-7-20(19)17-29/h4-11,18H,12-17H2,1-3H3,(H,25,31). The second-order valence-electron chi connectivity index (χ2n) is 8.55. The molecule has 0 spiro atoms. The highest BCUT2D eigenvalue weighted by Gasteiger charge is 2.26. The molecule has 1 fully saturated rings. The molecule has 0 radical (unpaired) electrons. The first-order valence-corrected chi connectivity index (χ1v) is 10.9. The lowest BCUT2D eigenvalue weighted by molar-refractivity contribution is -0.135. The predicted molar refractivity (Wildman–Crippen MR) is 123 cm³/mol. The molecule has 2 heterocycles. The van der Waals surface area contributed by atoms with Crippen LogP contribution in [0.3, 0.4) is 0 Å². The molecule has 4 rings (SSSR count). The number of likely N-dealkylation sites (N-methyl/N-ethyl adjacent to an activating group) is 1. The number of nitrogens with one attached hydrogen (secondary N) is 1. The van der Waals surface area contributed by atoms with Crippen LogP contribution in [0.15, 0.2) is 48.5 Å². The zero-order chi connectivity index (χ0) is 22.0. The van der Waals surface area contributed by atoms with Crippen LogP contribution in [0.25, 0.3) is 0 Å². The van der Waals surface area contributed by atoms with E-state index in [4.69, 9.17) is 0 Å². The van der Waals surface area contributed by atoms with Crippen molar-refractivity contribution in [3.63, 3.8) is 0 Å². The Balaban J connectivity index is 1.29. The van der Waals surface area contributed by atoms with E-state index in [1.165, 1.54) is 11.1 Å². The van der Waals surface area contributed by atoms with Gasteiger partial charge in [0.05, 0.1) is 6.04 Å². The van der Waals surface area contributed by atoms with Gasteiger partial charge in [0, 0.05) is 50.6 Å². The van der Waals surface area contributed by atoms with Gasteiger partial charge in [-0.2, -0.15) is 0 Å². The van der Waals surface area contributed by atoms with Gasteiger partial charge in [-0.05, 0) is 56.4 Å². The summed E-state index contributed by atoms with van der Waals surface area (Å²) in [5.74, 6) is 0.187. The molecule has 2 aromatic carbocycles. The van der Waals surface area contributed by atoms with Gasteiger partial charge in [0.25, 0.3) is 0 Å². The van der Waals surface area contributed by atoms with Crippen LogP contribution in [0, 0.1) is 0 Å². The number of benzene rings is 2. The lowest BCUT2D eigenvalue weighted by Gasteiger charge is -2.38. The number of amides is 3. The molecule has 164 valence electrons. The quantitative estimate of drug-likeness (QED) is 0.825. The monoisotopic (exact) mass is 421 g/mol. The third-order valence-corrected chi connectivity index (χ3v) is 6.34. The normalized spacial score (nSPS) is 17.0. The highest BCUT2D eigenvalue weighted by Crippen LogP contribution is 2.24. The molecule has 1 saturated heterocycles. The van der Waals surface area contributed by atoms with Gasteiger partial charge in [-0.25, -0.2) is 4.79 Å². The molecule has 0 bridgehead atoms. The minimum atomic E-state index is -0.0992. The van der Waals surface area contributed by atoms with Crippen molar-refractivity contribution in [3.05, 3.63) is 59.7 Å². The second kappa shape index (κ2) is 8.98. The summed E-state index contributed by atoms with van der Waals surface area (Å²) < 4.78 is 0. The van der Waals surface area contributed by atoms with Crippen molar-refractivity contribution >= 4 is 23.3 Å². The number of hydrogen-bond donors (Lipinski definition) is 1. The van der Waals surface area contributed by atoms with E-state index in [-0.39, 0.29) is 18.0 Å². The summed E-state index contributed by atoms with van der Waals surface area (Å²) in [6.45, 7) is 6.32. The van der Waals surface area contributed by atoms with Crippen LogP contribution in [0.5, 0.6) is 0 Å². The zero-order valence-electron chi connectivity index (χ0n) is 18.5. The molecule has 0 saturated carbocycles. The summed E-state index contributed by atoms with van der Waals surface area (Å²) in [7, 11) is 3.86. The number of nitrogens with zero attached hydrogens (tertiary/aromatic N) is 4. The van der Waals surface area contributed by atoms with Crippen molar-refractivity contribution in [2.24, 2.45) is 0 Å². The molecule has 2 aromatic rings. The number of carbonyl (C=O) groups is 2. The molecule has 2 aliphatic heterocycles. The number of urea groups is 1. The molecule has 31 heavy (non-hydrogen) atoms. The Morgan fingerprint density at radius 1 is 0.871 bits per heavy atom. The van der Waals surface area contributed by atoms with Crippen LogP contribution >= 0.6 is 0 Å². The van der Waals surface area contributed by atoms with Crippen molar-refractivity contribution in [1.29, 1.82) is 0 Å². The summed E-state index contributed by atoms with van der Waals surface area (Å²) >= 11 is 0. The SMILES string of the molecule is CC(C(=O)N1CCN(c2ccc(NC(=O)N3Cc4ccccc4C3)cc2)CC1)N(C)C. The van der Waals surface area contributed by atoms with E-state index in [0.29, 0.717) is 13.1 Å². The highest BCUT2D eigenvalue weighted by molar-refractivity contribution is 5.90. The molecule has 1 atom stereocenters. The summed E-state index contributed by atoms with van der Waals surface area (Å²) in [5, 5.41) is 3.00. The fourth-order valence-corrected chi connectivity index (χ4v) is 4.11. The van der Waals surface area contributed by atoms with E-state index in [0.717, 1.165) is 37.6 Å². The number of fused-ring (bicyclic) bond motifs is 1. The topological polar surface area (TPSA) is 59.1 Å². The lowest BCUT2D eigenvalue weighted by Crippen LogP contribution is -2.53. The van der Waals surface area contributed by atoms with Crippen LogP contribution < -0.4 is 10.2 Å². The molecule has 0 aromatic heterocycles. The lowest BCUT2D eigenvalue weighted by atomic mass is 10.1. The Morgan fingerprint density at radius 3 is 2.00 bits per heavy atom. The first-order chi connectivity index (χ1) is 14.9. The number of hydrogen-bond acceptors (Lipinski definition) is 4. The van der Waals surface area contributed by atoms with Gasteiger partial charge < -0.3 is 20.0 Å². The van der Waals surface area contributed by atoms with E-state index < -0.39 is 0 Å². The van der Waals surface area contributed by atoms with Crippen LogP contribution in [-0.2, 0) is 17.9 Å². The molecule has 3 amide bonds. The van der Waals surface area contributed by atoms with Crippen molar-refractivity contribution in [2.75, 3.05) is 50.5 Å². The Kier molecular flexibility index (Phi) is 6.13. The van der Waals surface area contributed by atoms with Crippen LogP contribution in [0.2, 0.25) is 0 Å². The maximum absolute atomic E-state index is 12.6. The fourth-order valence-electron chi connectivity index (χ4n) is 4.11. The van der Waals surface area contributed by atoms with Crippen molar-refractivity contribution in [3.8, 4) is 0 Å². The van der Waals surface area contributed by atoms with Crippen LogP contribution in [-0.4, -0.2) is 73.0 Å². The van der Waals surface area contributed by atoms with E-state index in [9.17, 15) is 9.59 Å². The third kappa shape index (κ3) is 4.66. The van der Waals surface area contributed by atoms with E-state index >= 15 is 0 Å². The summed E-state index contributed by atoms with van der Waals surface area (Å²) in [5.41, 5.74) is 4.33. The number of carbonyl (C=O) groups excluding carboxylic acids is 2. The molecule has 7 heteroatoms. The molecule has 2 aliphatic rings. The third-order valence-electron chi connectivity index (χ3n) is 6.34. The van der Waals surface area contributed by atoms with Crippen LogP contribution in [0.1, 0.15) is 18.1 Å². The first kappa shape index (κ1) is 21.2. The van der Waals surface area contributed by atoms with E-state index in [1.807, 2.05) is 72.1 Å². The maximum Gasteiger partial charge on any atom is 0.322 e. The first-order valence-electron chi connectivity index (χ1n) is 10.9. The van der Waals surface area contributed by atoms with Crippen molar-refractivity contribution in [1.82, 2.24) is 14.7 Å².